The predicted octanol–water partition coefficient (Wildman–Crippen LogP) is 2.51. The molecule has 2 unspecified atom stereocenters. The lowest BCUT2D eigenvalue weighted by atomic mass is 10.1. The first-order valence-corrected chi connectivity index (χ1v) is 6.91. The van der Waals surface area contributed by atoms with Gasteiger partial charge in [-0.2, -0.15) is 0 Å². The van der Waals surface area contributed by atoms with Gasteiger partial charge in [-0.15, -0.1) is 11.6 Å². The SMILES string of the molecule is CC1COC(CCl)CN1C(=O)c1ccc(O)c(Cl)c1. The third-order valence-corrected chi connectivity index (χ3v) is 3.78. The molecular weight excluding hydrogens is 289 g/mol. The Morgan fingerprint density at radius 1 is 1.58 bits per heavy atom. The number of hydrogen-bond acceptors (Lipinski definition) is 3. The van der Waals surface area contributed by atoms with E-state index >= 15 is 0 Å². The molecule has 0 spiro atoms. The fourth-order valence-corrected chi connectivity index (χ4v) is 2.37. The number of benzene rings is 1. The number of amides is 1. The summed E-state index contributed by atoms with van der Waals surface area (Å²) in [4.78, 5) is 14.1. The van der Waals surface area contributed by atoms with Crippen molar-refractivity contribution in [2.75, 3.05) is 19.0 Å². The summed E-state index contributed by atoms with van der Waals surface area (Å²) in [5.74, 6) is 0.187. The molecule has 1 saturated heterocycles. The lowest BCUT2D eigenvalue weighted by Gasteiger charge is -2.37. The van der Waals surface area contributed by atoms with Gasteiger partial charge >= 0.3 is 0 Å². The summed E-state index contributed by atoms with van der Waals surface area (Å²) in [7, 11) is 0. The van der Waals surface area contributed by atoms with E-state index in [1.165, 1.54) is 12.1 Å². The van der Waals surface area contributed by atoms with Gasteiger partial charge in [-0.3, -0.25) is 4.79 Å². The highest BCUT2D eigenvalue weighted by Gasteiger charge is 2.30. The highest BCUT2D eigenvalue weighted by atomic mass is 35.5. The average Bonchev–Trinajstić information content (AvgIpc) is 2.41. The number of rotatable bonds is 2. The minimum Gasteiger partial charge on any atom is -0.506 e. The maximum atomic E-state index is 12.4. The molecule has 2 atom stereocenters. The number of carbonyl (C=O) groups excluding carboxylic acids is 1. The average molecular weight is 304 g/mol. The van der Waals surface area contributed by atoms with Crippen LogP contribution >= 0.6 is 23.2 Å². The number of nitrogens with zero attached hydrogens (tertiary/aromatic N) is 1. The van der Waals surface area contributed by atoms with E-state index in [4.69, 9.17) is 27.9 Å². The molecule has 0 bridgehead atoms. The number of alkyl halides is 1. The Kier molecular flexibility index (Phi) is 4.55. The van der Waals surface area contributed by atoms with E-state index in [1.807, 2.05) is 6.92 Å². The van der Waals surface area contributed by atoms with Gasteiger partial charge in [0.1, 0.15) is 5.75 Å². The Hall–Kier alpha value is -0.970. The molecule has 19 heavy (non-hydrogen) atoms. The van der Waals surface area contributed by atoms with Gasteiger partial charge in [0, 0.05) is 12.1 Å². The third kappa shape index (κ3) is 3.14. The summed E-state index contributed by atoms with van der Waals surface area (Å²) in [5.41, 5.74) is 0.449. The zero-order valence-electron chi connectivity index (χ0n) is 10.5. The van der Waals surface area contributed by atoms with Crippen molar-refractivity contribution in [1.29, 1.82) is 0 Å². The molecule has 1 aliphatic rings. The quantitative estimate of drug-likeness (QED) is 0.854. The number of phenolic OH excluding ortho intramolecular Hbond substituents is 1. The first-order chi connectivity index (χ1) is 9.02. The van der Waals surface area contributed by atoms with Crippen LogP contribution < -0.4 is 0 Å². The van der Waals surface area contributed by atoms with Crippen LogP contribution in [0, 0.1) is 0 Å². The highest BCUT2D eigenvalue weighted by Crippen LogP contribution is 2.25. The molecule has 1 fully saturated rings. The summed E-state index contributed by atoms with van der Waals surface area (Å²) in [6, 6.07) is 4.43. The predicted molar refractivity (Wildman–Crippen MR) is 74.1 cm³/mol. The van der Waals surface area contributed by atoms with E-state index < -0.39 is 0 Å². The molecule has 2 rings (SSSR count). The largest absolute Gasteiger partial charge is 0.506 e. The molecule has 0 radical (unpaired) electrons. The van der Waals surface area contributed by atoms with Crippen molar-refractivity contribution in [3.05, 3.63) is 28.8 Å². The van der Waals surface area contributed by atoms with Gasteiger partial charge in [0.05, 0.1) is 29.7 Å². The van der Waals surface area contributed by atoms with E-state index in [1.54, 1.807) is 11.0 Å². The van der Waals surface area contributed by atoms with Crippen molar-refractivity contribution < 1.29 is 14.6 Å². The highest BCUT2D eigenvalue weighted by molar-refractivity contribution is 6.32. The maximum Gasteiger partial charge on any atom is 0.254 e. The summed E-state index contributed by atoms with van der Waals surface area (Å²) < 4.78 is 5.51. The first-order valence-electron chi connectivity index (χ1n) is 6.00. The molecule has 104 valence electrons. The number of phenols is 1. The van der Waals surface area contributed by atoms with Gasteiger partial charge in [-0.05, 0) is 25.1 Å². The summed E-state index contributed by atoms with van der Waals surface area (Å²) >= 11 is 11.6. The lowest BCUT2D eigenvalue weighted by Crippen LogP contribution is -2.51. The van der Waals surface area contributed by atoms with Crippen molar-refractivity contribution in [2.45, 2.75) is 19.1 Å². The Bertz CT molecular complexity index is 481. The van der Waals surface area contributed by atoms with Gasteiger partial charge in [-0.25, -0.2) is 0 Å². The molecular formula is C13H15Cl2NO3. The monoisotopic (exact) mass is 303 g/mol. The number of ether oxygens (including phenoxy) is 1. The minimum absolute atomic E-state index is 0.0143. The van der Waals surface area contributed by atoms with Crippen LogP contribution in [0.5, 0.6) is 5.75 Å². The third-order valence-electron chi connectivity index (χ3n) is 3.13. The first kappa shape index (κ1) is 14.4. The van der Waals surface area contributed by atoms with Gasteiger partial charge in [0.2, 0.25) is 0 Å². The number of aromatic hydroxyl groups is 1. The maximum absolute atomic E-state index is 12.4. The Morgan fingerprint density at radius 3 is 2.95 bits per heavy atom. The molecule has 4 nitrogen and oxygen atoms in total. The molecule has 0 aliphatic carbocycles. The van der Waals surface area contributed by atoms with Gasteiger partial charge in [0.25, 0.3) is 5.91 Å². The van der Waals surface area contributed by atoms with Gasteiger partial charge in [-0.1, -0.05) is 11.6 Å². The number of halogens is 2. The van der Waals surface area contributed by atoms with E-state index in [2.05, 4.69) is 0 Å². The molecule has 1 N–H and O–H groups in total. The van der Waals surface area contributed by atoms with Crippen molar-refractivity contribution in [3.63, 3.8) is 0 Å². The van der Waals surface area contributed by atoms with Crippen LogP contribution in [0.2, 0.25) is 5.02 Å². The fraction of sp³-hybridized carbons (Fsp3) is 0.462. The zero-order chi connectivity index (χ0) is 14.0. The Balaban J connectivity index is 2.19. The van der Waals surface area contributed by atoms with Crippen LogP contribution in [-0.2, 0) is 4.74 Å². The fourth-order valence-electron chi connectivity index (χ4n) is 2.00. The van der Waals surface area contributed by atoms with E-state index in [-0.39, 0.29) is 28.8 Å². The van der Waals surface area contributed by atoms with Gasteiger partial charge < -0.3 is 14.7 Å². The van der Waals surface area contributed by atoms with E-state index in [0.29, 0.717) is 24.6 Å². The minimum atomic E-state index is -0.144. The summed E-state index contributed by atoms with van der Waals surface area (Å²) in [6.45, 7) is 2.85. The molecule has 0 saturated carbocycles. The number of morpholine rings is 1. The second-order valence-electron chi connectivity index (χ2n) is 4.58. The normalized spacial score (nSPS) is 23.4. The number of hydrogen-bond donors (Lipinski definition) is 1. The molecule has 1 aromatic rings. The smallest absolute Gasteiger partial charge is 0.254 e. The molecule has 1 aromatic carbocycles. The van der Waals surface area contributed by atoms with Crippen LogP contribution in [0.25, 0.3) is 0 Å². The van der Waals surface area contributed by atoms with Crippen LogP contribution in [-0.4, -0.2) is 47.1 Å². The van der Waals surface area contributed by atoms with Crippen molar-refractivity contribution in [2.24, 2.45) is 0 Å². The molecule has 6 heteroatoms. The Morgan fingerprint density at radius 2 is 2.32 bits per heavy atom. The molecule has 1 aliphatic heterocycles. The summed E-state index contributed by atoms with van der Waals surface area (Å²) in [6.07, 6.45) is -0.144. The molecule has 1 amide bonds. The number of carbonyl (C=O) groups is 1. The topological polar surface area (TPSA) is 49.8 Å². The Labute approximate surface area is 121 Å². The summed E-state index contributed by atoms with van der Waals surface area (Å²) in [5, 5.41) is 9.54. The van der Waals surface area contributed by atoms with Gasteiger partial charge in [0.15, 0.2) is 0 Å². The van der Waals surface area contributed by atoms with Crippen molar-refractivity contribution >= 4 is 29.1 Å². The second-order valence-corrected chi connectivity index (χ2v) is 5.30. The van der Waals surface area contributed by atoms with Crippen molar-refractivity contribution in [3.8, 4) is 5.75 Å². The van der Waals surface area contributed by atoms with Crippen LogP contribution in [0.15, 0.2) is 18.2 Å². The molecule has 1 heterocycles. The zero-order valence-corrected chi connectivity index (χ0v) is 12.0. The lowest BCUT2D eigenvalue weighted by molar-refractivity contribution is -0.0371. The van der Waals surface area contributed by atoms with Crippen LogP contribution in [0.3, 0.4) is 0 Å². The standard InChI is InChI=1S/C13H15Cl2NO3/c1-8-7-19-10(5-14)6-16(8)13(18)9-2-3-12(17)11(15)4-9/h2-4,8,10,17H,5-7H2,1H3. The molecule has 0 aromatic heterocycles. The van der Waals surface area contributed by atoms with E-state index in [0.717, 1.165) is 0 Å². The second kappa shape index (κ2) is 5.99. The van der Waals surface area contributed by atoms with Crippen LogP contribution in [0.1, 0.15) is 17.3 Å². The van der Waals surface area contributed by atoms with Crippen molar-refractivity contribution in [1.82, 2.24) is 4.90 Å². The van der Waals surface area contributed by atoms with Crippen LogP contribution in [0.4, 0.5) is 0 Å². The van der Waals surface area contributed by atoms with E-state index in [9.17, 15) is 9.90 Å².